The number of halogens is 3. The zero-order valence-corrected chi connectivity index (χ0v) is 13.3. The number of nitrogens with two attached hydrogens (primary N) is 1. The first-order valence-electron chi connectivity index (χ1n) is 7.16. The second-order valence-electron chi connectivity index (χ2n) is 5.30. The van der Waals surface area contributed by atoms with E-state index < -0.39 is 31.0 Å². The first kappa shape index (κ1) is 19.3. The van der Waals surface area contributed by atoms with Gasteiger partial charge in [-0.1, -0.05) is 18.2 Å². The standard InChI is InChI=1S/C15H19F2N3O2.ClH/c16-15(17,9-18)10-19-13(21)12-7-4-8-20(12)14(22)11-5-2-1-3-6-11;/h1-3,5-6,12H,4,7-10,18H2,(H,19,21);1H. The second kappa shape index (κ2) is 8.21. The van der Waals surface area contributed by atoms with Crippen LogP contribution in [0.1, 0.15) is 23.2 Å². The maximum absolute atomic E-state index is 13.1. The molecule has 2 amide bonds. The molecule has 1 aliphatic rings. The van der Waals surface area contributed by atoms with Crippen LogP contribution in [0.4, 0.5) is 8.78 Å². The van der Waals surface area contributed by atoms with Gasteiger partial charge in [-0.3, -0.25) is 9.59 Å². The minimum absolute atomic E-state index is 0. The van der Waals surface area contributed by atoms with Crippen LogP contribution in [0.2, 0.25) is 0 Å². The van der Waals surface area contributed by atoms with Crippen molar-refractivity contribution in [3.05, 3.63) is 35.9 Å². The Bertz CT molecular complexity index is 543. The van der Waals surface area contributed by atoms with Crippen LogP contribution in [0.25, 0.3) is 0 Å². The molecule has 5 nitrogen and oxygen atoms in total. The smallest absolute Gasteiger partial charge is 0.277 e. The highest BCUT2D eigenvalue weighted by atomic mass is 35.5. The van der Waals surface area contributed by atoms with Crippen molar-refractivity contribution >= 4 is 24.2 Å². The maximum atomic E-state index is 13.1. The Labute approximate surface area is 139 Å². The van der Waals surface area contributed by atoms with Crippen LogP contribution in [-0.4, -0.2) is 48.3 Å². The van der Waals surface area contributed by atoms with E-state index in [1.807, 2.05) is 0 Å². The predicted octanol–water partition coefficient (Wildman–Crippen LogP) is 1.42. The van der Waals surface area contributed by atoms with Crippen LogP contribution in [0.15, 0.2) is 30.3 Å². The summed E-state index contributed by atoms with van der Waals surface area (Å²) < 4.78 is 26.2. The van der Waals surface area contributed by atoms with Gasteiger partial charge in [0.05, 0.1) is 13.1 Å². The lowest BCUT2D eigenvalue weighted by molar-refractivity contribution is -0.126. The van der Waals surface area contributed by atoms with Gasteiger partial charge in [-0.2, -0.15) is 0 Å². The fraction of sp³-hybridized carbons (Fsp3) is 0.467. The summed E-state index contributed by atoms with van der Waals surface area (Å²) in [5.41, 5.74) is 5.41. The fourth-order valence-corrected chi connectivity index (χ4v) is 2.44. The fourth-order valence-electron chi connectivity index (χ4n) is 2.44. The summed E-state index contributed by atoms with van der Waals surface area (Å²) in [5.74, 6) is -3.96. The summed E-state index contributed by atoms with van der Waals surface area (Å²) in [6, 6.07) is 7.89. The van der Waals surface area contributed by atoms with E-state index in [1.165, 1.54) is 4.90 Å². The van der Waals surface area contributed by atoms with Crippen molar-refractivity contribution < 1.29 is 18.4 Å². The molecule has 1 aromatic rings. The van der Waals surface area contributed by atoms with E-state index in [0.29, 0.717) is 24.9 Å². The molecule has 0 radical (unpaired) electrons. The number of carbonyl (C=O) groups is 2. The van der Waals surface area contributed by atoms with Gasteiger partial charge in [0, 0.05) is 12.1 Å². The predicted molar refractivity (Wildman–Crippen MR) is 84.8 cm³/mol. The summed E-state index contributed by atoms with van der Waals surface area (Å²) in [5, 5.41) is 2.19. The number of hydrogen-bond acceptors (Lipinski definition) is 3. The van der Waals surface area contributed by atoms with Crippen molar-refractivity contribution in [1.29, 1.82) is 0 Å². The topological polar surface area (TPSA) is 75.4 Å². The van der Waals surface area contributed by atoms with Crippen molar-refractivity contribution in [3.8, 4) is 0 Å². The Balaban J connectivity index is 0.00000264. The minimum Gasteiger partial charge on any atom is -0.348 e. The Morgan fingerprint density at radius 3 is 2.57 bits per heavy atom. The molecular formula is C15H20ClF2N3O2. The van der Waals surface area contributed by atoms with Crippen LogP contribution in [-0.2, 0) is 4.79 Å². The Morgan fingerprint density at radius 2 is 1.96 bits per heavy atom. The molecule has 0 bridgehead atoms. The molecule has 128 valence electrons. The summed E-state index contributed by atoms with van der Waals surface area (Å²) in [6.45, 7) is -1.20. The Kier molecular flexibility index (Phi) is 6.90. The van der Waals surface area contributed by atoms with Gasteiger partial charge in [-0.15, -0.1) is 12.4 Å². The molecule has 1 aromatic carbocycles. The molecule has 0 spiro atoms. The van der Waals surface area contributed by atoms with Crippen LogP contribution in [0.5, 0.6) is 0 Å². The average molecular weight is 348 g/mol. The SMILES string of the molecule is Cl.NCC(F)(F)CNC(=O)C1CCCN1C(=O)c1ccccc1. The van der Waals surface area contributed by atoms with Crippen molar-refractivity contribution in [2.45, 2.75) is 24.8 Å². The second-order valence-corrected chi connectivity index (χ2v) is 5.30. The van der Waals surface area contributed by atoms with Crippen molar-refractivity contribution in [2.24, 2.45) is 5.73 Å². The van der Waals surface area contributed by atoms with E-state index >= 15 is 0 Å². The van der Waals surface area contributed by atoms with Crippen molar-refractivity contribution in [3.63, 3.8) is 0 Å². The molecule has 1 fully saturated rings. The zero-order valence-electron chi connectivity index (χ0n) is 12.5. The largest absolute Gasteiger partial charge is 0.348 e. The molecular weight excluding hydrogens is 328 g/mol. The molecule has 1 atom stereocenters. The van der Waals surface area contributed by atoms with Gasteiger partial charge >= 0.3 is 0 Å². The molecule has 1 saturated heterocycles. The highest BCUT2D eigenvalue weighted by molar-refractivity contribution is 5.97. The van der Waals surface area contributed by atoms with Crippen LogP contribution < -0.4 is 11.1 Å². The van der Waals surface area contributed by atoms with Gasteiger partial charge in [0.1, 0.15) is 6.04 Å². The molecule has 3 N–H and O–H groups in total. The lowest BCUT2D eigenvalue weighted by Gasteiger charge is -2.25. The number of carbonyl (C=O) groups excluding carboxylic acids is 2. The number of hydrogen-bond donors (Lipinski definition) is 2. The van der Waals surface area contributed by atoms with Gasteiger partial charge < -0.3 is 16.0 Å². The zero-order chi connectivity index (χ0) is 16.2. The number of amides is 2. The molecule has 1 unspecified atom stereocenters. The van der Waals surface area contributed by atoms with E-state index in [0.717, 1.165) is 0 Å². The van der Waals surface area contributed by atoms with Crippen molar-refractivity contribution in [2.75, 3.05) is 19.6 Å². The molecule has 0 aliphatic carbocycles. The number of benzene rings is 1. The number of alkyl halides is 2. The molecule has 0 saturated carbocycles. The van der Waals surface area contributed by atoms with Crippen LogP contribution >= 0.6 is 12.4 Å². The van der Waals surface area contributed by atoms with Gasteiger partial charge in [-0.05, 0) is 25.0 Å². The third kappa shape index (κ3) is 4.87. The van der Waals surface area contributed by atoms with Gasteiger partial charge in [0.2, 0.25) is 5.91 Å². The molecule has 23 heavy (non-hydrogen) atoms. The van der Waals surface area contributed by atoms with E-state index in [1.54, 1.807) is 30.3 Å². The Hall–Kier alpha value is -1.73. The monoisotopic (exact) mass is 347 g/mol. The molecule has 0 aromatic heterocycles. The van der Waals surface area contributed by atoms with Gasteiger partial charge in [0.15, 0.2) is 0 Å². The van der Waals surface area contributed by atoms with E-state index in [4.69, 9.17) is 5.73 Å². The van der Waals surface area contributed by atoms with E-state index in [9.17, 15) is 18.4 Å². The minimum atomic E-state index is -3.14. The summed E-state index contributed by atoms with van der Waals surface area (Å²) in [4.78, 5) is 25.9. The summed E-state index contributed by atoms with van der Waals surface area (Å²) >= 11 is 0. The van der Waals surface area contributed by atoms with Crippen LogP contribution in [0.3, 0.4) is 0 Å². The third-order valence-electron chi connectivity index (χ3n) is 3.66. The number of rotatable bonds is 5. The lowest BCUT2D eigenvalue weighted by atomic mass is 10.1. The Morgan fingerprint density at radius 1 is 1.30 bits per heavy atom. The average Bonchev–Trinajstić information content (AvgIpc) is 3.02. The van der Waals surface area contributed by atoms with Crippen molar-refractivity contribution in [1.82, 2.24) is 10.2 Å². The third-order valence-corrected chi connectivity index (χ3v) is 3.66. The van der Waals surface area contributed by atoms with E-state index in [2.05, 4.69) is 5.32 Å². The maximum Gasteiger partial charge on any atom is 0.277 e. The highest BCUT2D eigenvalue weighted by Crippen LogP contribution is 2.20. The quantitative estimate of drug-likeness (QED) is 0.846. The first-order chi connectivity index (χ1) is 10.4. The molecule has 1 aliphatic heterocycles. The van der Waals surface area contributed by atoms with Gasteiger partial charge in [0.25, 0.3) is 11.8 Å². The summed E-state index contributed by atoms with van der Waals surface area (Å²) in [7, 11) is 0. The normalized spacial score (nSPS) is 17.5. The molecule has 8 heteroatoms. The molecule has 2 rings (SSSR count). The van der Waals surface area contributed by atoms with E-state index in [-0.39, 0.29) is 18.3 Å². The lowest BCUT2D eigenvalue weighted by Crippen LogP contribution is -2.49. The number of likely N-dealkylation sites (tertiary alicyclic amines) is 1. The highest BCUT2D eigenvalue weighted by Gasteiger charge is 2.36. The first-order valence-corrected chi connectivity index (χ1v) is 7.16. The summed E-state index contributed by atoms with van der Waals surface area (Å²) in [6.07, 6.45) is 1.14. The number of nitrogens with zero attached hydrogens (tertiary/aromatic N) is 1. The van der Waals surface area contributed by atoms with Gasteiger partial charge in [-0.25, -0.2) is 8.78 Å². The molecule has 1 heterocycles. The van der Waals surface area contributed by atoms with Crippen LogP contribution in [0, 0.1) is 0 Å². The number of nitrogens with one attached hydrogen (secondary N) is 1.